The van der Waals surface area contributed by atoms with E-state index >= 15 is 0 Å². The maximum absolute atomic E-state index is 12.1. The van der Waals surface area contributed by atoms with Crippen molar-refractivity contribution in [3.63, 3.8) is 0 Å². The molecular formula is C20H33N5O3. The number of carbonyl (C=O) groups excluding carboxylic acids is 1. The summed E-state index contributed by atoms with van der Waals surface area (Å²) >= 11 is 0. The van der Waals surface area contributed by atoms with Gasteiger partial charge in [-0.3, -0.25) is 9.79 Å². The molecule has 8 heteroatoms. The highest BCUT2D eigenvalue weighted by atomic mass is 16.5. The topological polar surface area (TPSA) is 98.2 Å². The lowest BCUT2D eigenvalue weighted by Gasteiger charge is -2.32. The predicted molar refractivity (Wildman–Crippen MR) is 111 cm³/mol. The molecule has 0 bridgehead atoms. The Morgan fingerprint density at radius 3 is 2.61 bits per heavy atom. The molecule has 1 aromatic carbocycles. The molecule has 1 heterocycles. The largest absolute Gasteiger partial charge is 0.508 e. The molecule has 4 N–H and O–H groups in total. The third-order valence-corrected chi connectivity index (χ3v) is 4.68. The molecule has 1 aromatic rings. The maximum atomic E-state index is 12.1. The molecule has 1 saturated heterocycles. The number of aromatic hydroxyl groups is 1. The summed E-state index contributed by atoms with van der Waals surface area (Å²) in [5.74, 6) is 0.764. The zero-order chi connectivity index (χ0) is 20.2. The van der Waals surface area contributed by atoms with Gasteiger partial charge in [-0.25, -0.2) is 0 Å². The van der Waals surface area contributed by atoms with Crippen LogP contribution in [0.25, 0.3) is 0 Å². The lowest BCUT2D eigenvalue weighted by Crippen LogP contribution is -2.49. The third-order valence-electron chi connectivity index (χ3n) is 4.68. The van der Waals surface area contributed by atoms with Crippen molar-refractivity contribution in [2.45, 2.75) is 25.8 Å². The Hall–Kier alpha value is -2.32. The number of guanidine groups is 1. The van der Waals surface area contributed by atoms with Gasteiger partial charge in [0, 0.05) is 51.4 Å². The van der Waals surface area contributed by atoms with Crippen LogP contribution >= 0.6 is 0 Å². The minimum absolute atomic E-state index is 0.145. The second-order valence-corrected chi connectivity index (χ2v) is 6.82. The highest BCUT2D eigenvalue weighted by molar-refractivity contribution is 5.94. The van der Waals surface area contributed by atoms with E-state index in [0.717, 1.165) is 51.6 Å². The molecule has 8 nitrogen and oxygen atoms in total. The molecule has 0 spiro atoms. The van der Waals surface area contributed by atoms with Crippen LogP contribution in [-0.4, -0.2) is 80.9 Å². The smallest absolute Gasteiger partial charge is 0.251 e. The van der Waals surface area contributed by atoms with Crippen LogP contribution in [0.2, 0.25) is 0 Å². The Labute approximate surface area is 167 Å². The normalized spacial score (nSPS) is 16.0. The van der Waals surface area contributed by atoms with Gasteiger partial charge < -0.3 is 30.7 Å². The van der Waals surface area contributed by atoms with Crippen molar-refractivity contribution in [1.29, 1.82) is 0 Å². The van der Waals surface area contributed by atoms with Crippen LogP contribution in [0.4, 0.5) is 0 Å². The molecule has 0 aliphatic carbocycles. The van der Waals surface area contributed by atoms with Gasteiger partial charge in [0.25, 0.3) is 5.91 Å². The summed E-state index contributed by atoms with van der Waals surface area (Å²) in [5.41, 5.74) is 0.520. The highest BCUT2D eigenvalue weighted by Crippen LogP contribution is 2.10. The third kappa shape index (κ3) is 7.74. The molecule has 0 radical (unpaired) electrons. The lowest BCUT2D eigenvalue weighted by atomic mass is 10.1. The monoisotopic (exact) mass is 391 g/mol. The fraction of sp³-hybridized carbons (Fsp3) is 0.600. The zero-order valence-corrected chi connectivity index (χ0v) is 16.9. The predicted octanol–water partition coefficient (Wildman–Crippen LogP) is 0.788. The summed E-state index contributed by atoms with van der Waals surface area (Å²) in [6.45, 7) is 7.65. The second kappa shape index (κ2) is 12.2. The first-order valence-corrected chi connectivity index (χ1v) is 9.95. The fourth-order valence-electron chi connectivity index (χ4n) is 3.09. The van der Waals surface area contributed by atoms with Crippen LogP contribution in [0.3, 0.4) is 0 Å². The first-order valence-electron chi connectivity index (χ1n) is 9.95. The number of rotatable bonds is 9. The molecular weight excluding hydrogens is 358 g/mol. The maximum Gasteiger partial charge on any atom is 0.251 e. The molecule has 0 atom stereocenters. The number of hydrogen-bond acceptors (Lipinski definition) is 5. The minimum Gasteiger partial charge on any atom is -0.508 e. The number of methoxy groups -OCH3 is 1. The van der Waals surface area contributed by atoms with Crippen LogP contribution in [0.1, 0.15) is 30.1 Å². The summed E-state index contributed by atoms with van der Waals surface area (Å²) in [6, 6.07) is 6.60. The number of carbonyl (C=O) groups is 1. The van der Waals surface area contributed by atoms with Crippen LogP contribution in [0, 0.1) is 0 Å². The summed E-state index contributed by atoms with van der Waals surface area (Å²) in [7, 11) is 1.74. The minimum atomic E-state index is -0.170. The molecule has 1 aliphatic rings. The molecule has 1 aliphatic heterocycles. The van der Waals surface area contributed by atoms with Crippen molar-refractivity contribution in [2.75, 3.05) is 53.0 Å². The van der Waals surface area contributed by atoms with Crippen molar-refractivity contribution >= 4 is 11.9 Å². The number of likely N-dealkylation sites (tertiary alicyclic amines) is 1. The van der Waals surface area contributed by atoms with E-state index in [4.69, 9.17) is 4.74 Å². The van der Waals surface area contributed by atoms with Gasteiger partial charge in [0.1, 0.15) is 5.75 Å². The van der Waals surface area contributed by atoms with E-state index in [9.17, 15) is 9.90 Å². The highest BCUT2D eigenvalue weighted by Gasteiger charge is 2.19. The van der Waals surface area contributed by atoms with E-state index in [0.29, 0.717) is 24.7 Å². The molecule has 28 heavy (non-hydrogen) atoms. The average Bonchev–Trinajstić information content (AvgIpc) is 2.71. The molecule has 0 unspecified atom stereocenters. The van der Waals surface area contributed by atoms with E-state index in [-0.39, 0.29) is 11.7 Å². The standard InChI is InChI=1S/C20H33N5O3/c1-3-21-20(24-17-8-12-25(13-9-17)14-15-28-2)23-11-10-22-19(27)16-4-6-18(26)7-5-16/h4-7,17,26H,3,8-15H2,1-2H3,(H,22,27)(H2,21,23,24). The molecule has 0 saturated carbocycles. The van der Waals surface area contributed by atoms with Gasteiger partial charge in [0.05, 0.1) is 13.2 Å². The van der Waals surface area contributed by atoms with Gasteiger partial charge in [-0.05, 0) is 44.0 Å². The quantitative estimate of drug-likeness (QED) is 0.282. The van der Waals surface area contributed by atoms with Crippen LogP contribution in [-0.2, 0) is 4.74 Å². The van der Waals surface area contributed by atoms with Crippen molar-refractivity contribution < 1.29 is 14.6 Å². The Kier molecular flexibility index (Phi) is 9.57. The molecule has 0 aromatic heterocycles. The Morgan fingerprint density at radius 2 is 1.96 bits per heavy atom. The fourth-order valence-corrected chi connectivity index (χ4v) is 3.09. The zero-order valence-electron chi connectivity index (χ0n) is 16.9. The number of nitrogens with one attached hydrogen (secondary N) is 3. The van der Waals surface area contributed by atoms with Crippen LogP contribution in [0.5, 0.6) is 5.75 Å². The van der Waals surface area contributed by atoms with Crippen molar-refractivity contribution in [2.24, 2.45) is 4.99 Å². The number of nitrogens with zero attached hydrogens (tertiary/aromatic N) is 2. The first-order chi connectivity index (χ1) is 13.6. The van der Waals surface area contributed by atoms with Crippen molar-refractivity contribution in [3.8, 4) is 5.75 Å². The number of ether oxygens (including phenoxy) is 1. The number of piperidine rings is 1. The van der Waals surface area contributed by atoms with Gasteiger partial charge in [-0.2, -0.15) is 0 Å². The van der Waals surface area contributed by atoms with Crippen molar-refractivity contribution in [1.82, 2.24) is 20.9 Å². The Morgan fingerprint density at radius 1 is 1.25 bits per heavy atom. The Bertz CT molecular complexity index is 613. The van der Waals surface area contributed by atoms with E-state index in [2.05, 4.69) is 25.8 Å². The molecule has 2 rings (SSSR count). The van der Waals surface area contributed by atoms with Crippen molar-refractivity contribution in [3.05, 3.63) is 29.8 Å². The summed E-state index contributed by atoms with van der Waals surface area (Å²) in [6.07, 6.45) is 2.15. The number of aliphatic imine (C=N–C) groups is 1. The number of benzene rings is 1. The lowest BCUT2D eigenvalue weighted by molar-refractivity contribution is 0.0955. The number of amides is 1. The van der Waals surface area contributed by atoms with E-state index in [1.165, 1.54) is 12.1 Å². The summed E-state index contributed by atoms with van der Waals surface area (Å²) in [4.78, 5) is 19.0. The second-order valence-electron chi connectivity index (χ2n) is 6.82. The molecule has 1 amide bonds. The van der Waals surface area contributed by atoms with E-state index < -0.39 is 0 Å². The van der Waals surface area contributed by atoms with Gasteiger partial charge in [-0.15, -0.1) is 0 Å². The Balaban J connectivity index is 1.73. The van der Waals surface area contributed by atoms with Gasteiger partial charge in [-0.1, -0.05) is 0 Å². The van der Waals surface area contributed by atoms with E-state index in [1.807, 2.05) is 6.92 Å². The summed E-state index contributed by atoms with van der Waals surface area (Å²) in [5, 5.41) is 18.9. The molecule has 1 fully saturated rings. The number of phenolic OH excluding ortho intramolecular Hbond substituents is 1. The number of phenols is 1. The van der Waals surface area contributed by atoms with Gasteiger partial charge >= 0.3 is 0 Å². The van der Waals surface area contributed by atoms with Crippen LogP contribution < -0.4 is 16.0 Å². The van der Waals surface area contributed by atoms with Gasteiger partial charge in [0.15, 0.2) is 5.96 Å². The summed E-state index contributed by atoms with van der Waals surface area (Å²) < 4.78 is 5.15. The first kappa shape index (κ1) is 22.0. The molecule has 156 valence electrons. The number of hydrogen-bond donors (Lipinski definition) is 4. The van der Waals surface area contributed by atoms with E-state index in [1.54, 1.807) is 19.2 Å². The average molecular weight is 392 g/mol. The van der Waals surface area contributed by atoms with Crippen LogP contribution in [0.15, 0.2) is 29.3 Å². The SMILES string of the molecule is CCNC(=NCCNC(=O)c1ccc(O)cc1)NC1CCN(CCOC)CC1. The van der Waals surface area contributed by atoms with Gasteiger partial charge in [0.2, 0.25) is 0 Å².